The minimum atomic E-state index is 0.725. The van der Waals surface area contributed by atoms with Crippen molar-refractivity contribution in [3.05, 3.63) is 42.2 Å². The van der Waals surface area contributed by atoms with Crippen LogP contribution in [0.3, 0.4) is 0 Å². The smallest absolute Gasteiger partial charge is 0.0346 e. The van der Waals surface area contributed by atoms with Gasteiger partial charge < -0.3 is 5.32 Å². The van der Waals surface area contributed by atoms with Crippen molar-refractivity contribution in [1.29, 1.82) is 0 Å². The SMILES string of the molecule is CC1CCC1NCc1ccc2cnccc2c1. The first-order valence-corrected chi connectivity index (χ1v) is 6.39. The lowest BCUT2D eigenvalue weighted by atomic mass is 9.81. The molecule has 1 aliphatic rings. The number of hydrogen-bond acceptors (Lipinski definition) is 2. The summed E-state index contributed by atoms with van der Waals surface area (Å²) < 4.78 is 0. The molecule has 1 heterocycles. The average Bonchev–Trinajstić information content (AvgIpc) is 2.37. The van der Waals surface area contributed by atoms with E-state index in [0.29, 0.717) is 0 Å². The predicted molar refractivity (Wildman–Crippen MR) is 70.8 cm³/mol. The molecule has 2 nitrogen and oxygen atoms in total. The van der Waals surface area contributed by atoms with E-state index in [1.165, 1.54) is 29.2 Å². The number of aromatic nitrogens is 1. The number of rotatable bonds is 3. The van der Waals surface area contributed by atoms with Gasteiger partial charge >= 0.3 is 0 Å². The number of pyridine rings is 1. The monoisotopic (exact) mass is 226 g/mol. The molecule has 0 spiro atoms. The fourth-order valence-corrected chi connectivity index (χ4v) is 2.46. The number of fused-ring (bicyclic) bond motifs is 1. The molecule has 1 aromatic heterocycles. The number of nitrogens with one attached hydrogen (secondary N) is 1. The molecule has 1 fully saturated rings. The van der Waals surface area contributed by atoms with Crippen LogP contribution in [0.15, 0.2) is 36.7 Å². The van der Waals surface area contributed by atoms with Crippen molar-refractivity contribution in [2.45, 2.75) is 32.4 Å². The van der Waals surface area contributed by atoms with E-state index in [0.717, 1.165) is 18.5 Å². The first kappa shape index (κ1) is 10.7. The molecule has 2 heteroatoms. The molecule has 1 N–H and O–H groups in total. The second-order valence-electron chi connectivity index (χ2n) is 5.10. The molecule has 0 radical (unpaired) electrons. The maximum absolute atomic E-state index is 4.13. The lowest BCUT2D eigenvalue weighted by molar-refractivity contribution is 0.228. The van der Waals surface area contributed by atoms with Crippen LogP contribution in [0.5, 0.6) is 0 Å². The zero-order chi connectivity index (χ0) is 11.7. The van der Waals surface area contributed by atoms with Crippen LogP contribution in [-0.2, 0) is 6.54 Å². The van der Waals surface area contributed by atoms with Gasteiger partial charge in [0.1, 0.15) is 0 Å². The Morgan fingerprint density at radius 1 is 1.24 bits per heavy atom. The Hall–Kier alpha value is -1.41. The van der Waals surface area contributed by atoms with E-state index in [4.69, 9.17) is 0 Å². The van der Waals surface area contributed by atoms with Crippen molar-refractivity contribution in [1.82, 2.24) is 10.3 Å². The molecule has 2 atom stereocenters. The zero-order valence-corrected chi connectivity index (χ0v) is 10.2. The third-order valence-corrected chi connectivity index (χ3v) is 3.89. The van der Waals surface area contributed by atoms with Crippen molar-refractivity contribution >= 4 is 10.8 Å². The van der Waals surface area contributed by atoms with E-state index in [2.05, 4.69) is 41.5 Å². The van der Waals surface area contributed by atoms with Gasteiger partial charge in [0.25, 0.3) is 0 Å². The van der Waals surface area contributed by atoms with Gasteiger partial charge in [0, 0.05) is 30.4 Å². The average molecular weight is 226 g/mol. The standard InChI is InChI=1S/C15H18N2/c1-11-2-5-15(11)17-9-12-3-4-14-10-16-7-6-13(14)8-12/h3-4,6-8,10-11,15,17H,2,5,9H2,1H3. The van der Waals surface area contributed by atoms with Gasteiger partial charge in [-0.3, -0.25) is 4.98 Å². The first-order valence-electron chi connectivity index (χ1n) is 6.39. The third-order valence-electron chi connectivity index (χ3n) is 3.89. The molecule has 3 rings (SSSR count). The maximum Gasteiger partial charge on any atom is 0.0346 e. The Morgan fingerprint density at radius 3 is 2.94 bits per heavy atom. The summed E-state index contributed by atoms with van der Waals surface area (Å²) in [4.78, 5) is 4.13. The third kappa shape index (κ3) is 2.18. The molecular formula is C15H18N2. The van der Waals surface area contributed by atoms with Crippen molar-refractivity contribution < 1.29 is 0 Å². The molecule has 1 aliphatic carbocycles. The van der Waals surface area contributed by atoms with Gasteiger partial charge in [0.15, 0.2) is 0 Å². The van der Waals surface area contributed by atoms with Crippen LogP contribution in [0.4, 0.5) is 0 Å². The van der Waals surface area contributed by atoms with Crippen LogP contribution >= 0.6 is 0 Å². The Kier molecular flexibility index (Phi) is 2.81. The molecule has 1 aromatic carbocycles. The van der Waals surface area contributed by atoms with Crippen LogP contribution in [0.2, 0.25) is 0 Å². The van der Waals surface area contributed by atoms with Gasteiger partial charge in [-0.05, 0) is 41.8 Å². The van der Waals surface area contributed by atoms with Crippen LogP contribution in [0, 0.1) is 5.92 Å². The van der Waals surface area contributed by atoms with Crippen LogP contribution in [0.25, 0.3) is 10.8 Å². The zero-order valence-electron chi connectivity index (χ0n) is 10.2. The highest BCUT2D eigenvalue weighted by atomic mass is 14.9. The number of nitrogens with zero attached hydrogens (tertiary/aromatic N) is 1. The highest BCUT2D eigenvalue weighted by Gasteiger charge is 2.25. The maximum atomic E-state index is 4.13. The second kappa shape index (κ2) is 4.46. The molecule has 2 unspecified atom stereocenters. The topological polar surface area (TPSA) is 24.9 Å². The molecule has 0 amide bonds. The molecule has 0 aliphatic heterocycles. The van der Waals surface area contributed by atoms with Crippen LogP contribution in [0.1, 0.15) is 25.3 Å². The Balaban J connectivity index is 1.72. The Bertz CT molecular complexity index is 521. The number of hydrogen-bond donors (Lipinski definition) is 1. The molecule has 17 heavy (non-hydrogen) atoms. The van der Waals surface area contributed by atoms with E-state index in [1.807, 2.05) is 12.4 Å². The van der Waals surface area contributed by atoms with E-state index < -0.39 is 0 Å². The Labute approximate surface area is 102 Å². The molecule has 0 bridgehead atoms. The van der Waals surface area contributed by atoms with Gasteiger partial charge in [-0.2, -0.15) is 0 Å². The molecule has 1 saturated carbocycles. The highest BCUT2D eigenvalue weighted by Crippen LogP contribution is 2.26. The lowest BCUT2D eigenvalue weighted by Crippen LogP contribution is -2.41. The lowest BCUT2D eigenvalue weighted by Gasteiger charge is -2.34. The number of benzene rings is 1. The minimum absolute atomic E-state index is 0.725. The molecule has 2 aromatic rings. The summed E-state index contributed by atoms with van der Waals surface area (Å²) in [7, 11) is 0. The molecular weight excluding hydrogens is 208 g/mol. The van der Waals surface area contributed by atoms with Crippen LogP contribution in [-0.4, -0.2) is 11.0 Å². The van der Waals surface area contributed by atoms with Gasteiger partial charge in [-0.15, -0.1) is 0 Å². The summed E-state index contributed by atoms with van der Waals surface area (Å²) >= 11 is 0. The minimum Gasteiger partial charge on any atom is -0.310 e. The predicted octanol–water partition coefficient (Wildman–Crippen LogP) is 3.12. The van der Waals surface area contributed by atoms with E-state index in [1.54, 1.807) is 0 Å². The van der Waals surface area contributed by atoms with Gasteiger partial charge in [0.2, 0.25) is 0 Å². The molecule has 0 saturated heterocycles. The van der Waals surface area contributed by atoms with Gasteiger partial charge in [-0.25, -0.2) is 0 Å². The normalized spacial score (nSPS) is 23.6. The van der Waals surface area contributed by atoms with Gasteiger partial charge in [-0.1, -0.05) is 19.1 Å². The van der Waals surface area contributed by atoms with Crippen molar-refractivity contribution in [2.24, 2.45) is 5.92 Å². The summed E-state index contributed by atoms with van der Waals surface area (Å²) in [6.07, 6.45) is 6.48. The van der Waals surface area contributed by atoms with Gasteiger partial charge in [0.05, 0.1) is 0 Å². The summed E-state index contributed by atoms with van der Waals surface area (Å²) in [5, 5.41) is 6.13. The molecule has 88 valence electrons. The highest BCUT2D eigenvalue weighted by molar-refractivity contribution is 5.81. The van der Waals surface area contributed by atoms with E-state index in [-0.39, 0.29) is 0 Å². The van der Waals surface area contributed by atoms with Crippen molar-refractivity contribution in [2.75, 3.05) is 0 Å². The summed E-state index contributed by atoms with van der Waals surface area (Å²) in [6, 6.07) is 9.41. The Morgan fingerprint density at radius 2 is 2.18 bits per heavy atom. The van der Waals surface area contributed by atoms with E-state index in [9.17, 15) is 0 Å². The van der Waals surface area contributed by atoms with E-state index >= 15 is 0 Å². The summed E-state index contributed by atoms with van der Waals surface area (Å²) in [5.74, 6) is 0.847. The largest absolute Gasteiger partial charge is 0.310 e. The van der Waals surface area contributed by atoms with Crippen LogP contribution < -0.4 is 5.32 Å². The second-order valence-corrected chi connectivity index (χ2v) is 5.10. The summed E-state index contributed by atoms with van der Waals surface area (Å²) in [5.41, 5.74) is 1.36. The quantitative estimate of drug-likeness (QED) is 0.869. The fraction of sp³-hybridized carbons (Fsp3) is 0.400. The van der Waals surface area contributed by atoms with Crippen molar-refractivity contribution in [3.8, 4) is 0 Å². The van der Waals surface area contributed by atoms with Crippen molar-refractivity contribution in [3.63, 3.8) is 0 Å². The fourth-order valence-electron chi connectivity index (χ4n) is 2.46. The first-order chi connectivity index (χ1) is 8.33. The summed E-state index contributed by atoms with van der Waals surface area (Å²) in [6.45, 7) is 3.31.